The Bertz CT molecular complexity index is 632. The number of rotatable bonds is 5. The molecule has 2 aromatic rings. The van der Waals surface area contributed by atoms with Crippen molar-refractivity contribution in [1.29, 1.82) is 0 Å². The number of carbonyl (C=O) groups is 1. The summed E-state index contributed by atoms with van der Waals surface area (Å²) in [6, 6.07) is 8.13. The average molecular weight is 301 g/mol. The van der Waals surface area contributed by atoms with Crippen molar-refractivity contribution in [3.63, 3.8) is 0 Å². The number of H-pyrrole nitrogens is 1. The number of urea groups is 1. The van der Waals surface area contributed by atoms with E-state index in [2.05, 4.69) is 27.8 Å². The fourth-order valence-electron chi connectivity index (χ4n) is 3.00. The topological polar surface area (TPSA) is 66.2 Å². The first-order chi connectivity index (χ1) is 10.7. The molecule has 0 spiro atoms. The predicted octanol–water partition coefficient (Wildman–Crippen LogP) is 2.58. The van der Waals surface area contributed by atoms with Crippen LogP contribution in [0.15, 0.2) is 30.5 Å². The molecule has 0 radical (unpaired) electrons. The summed E-state index contributed by atoms with van der Waals surface area (Å²) in [4.78, 5) is 15.2. The second kappa shape index (κ2) is 6.83. The van der Waals surface area contributed by atoms with Gasteiger partial charge >= 0.3 is 6.03 Å². The predicted molar refractivity (Wildman–Crippen MR) is 87.0 cm³/mol. The number of hydrogen-bond acceptors (Lipinski definition) is 2. The molecule has 1 aliphatic rings. The molecule has 0 bridgehead atoms. The third-order valence-electron chi connectivity index (χ3n) is 4.24. The quantitative estimate of drug-likeness (QED) is 0.794. The van der Waals surface area contributed by atoms with Crippen molar-refractivity contribution >= 4 is 16.9 Å². The lowest BCUT2D eigenvalue weighted by atomic mass is 10.1. The Hall–Kier alpha value is -2.01. The van der Waals surface area contributed by atoms with Crippen LogP contribution in [-0.4, -0.2) is 36.3 Å². The second-order valence-corrected chi connectivity index (χ2v) is 5.85. The Morgan fingerprint density at radius 3 is 3.14 bits per heavy atom. The minimum absolute atomic E-state index is 0.0515. The van der Waals surface area contributed by atoms with Gasteiger partial charge in [0.05, 0.1) is 12.1 Å². The summed E-state index contributed by atoms with van der Waals surface area (Å²) >= 11 is 0. The summed E-state index contributed by atoms with van der Waals surface area (Å²) in [5.74, 6) is 0. The largest absolute Gasteiger partial charge is 0.376 e. The number of aromatic nitrogens is 1. The number of para-hydroxylation sites is 1. The molecule has 2 amide bonds. The third kappa shape index (κ3) is 3.42. The molecule has 1 aliphatic heterocycles. The molecular weight excluding hydrogens is 278 g/mol. The summed E-state index contributed by atoms with van der Waals surface area (Å²) < 4.78 is 5.58. The van der Waals surface area contributed by atoms with E-state index in [-0.39, 0.29) is 18.2 Å². The molecule has 0 unspecified atom stereocenters. The zero-order valence-corrected chi connectivity index (χ0v) is 12.9. The molecule has 22 heavy (non-hydrogen) atoms. The van der Waals surface area contributed by atoms with Gasteiger partial charge in [0.25, 0.3) is 0 Å². The molecule has 1 saturated heterocycles. The van der Waals surface area contributed by atoms with Crippen molar-refractivity contribution in [2.45, 2.75) is 38.3 Å². The number of ether oxygens (including phenoxy) is 1. The van der Waals surface area contributed by atoms with Crippen LogP contribution in [0.4, 0.5) is 4.79 Å². The van der Waals surface area contributed by atoms with Crippen molar-refractivity contribution in [3.05, 3.63) is 36.0 Å². The van der Waals surface area contributed by atoms with Crippen LogP contribution in [0.3, 0.4) is 0 Å². The van der Waals surface area contributed by atoms with Crippen molar-refractivity contribution in [3.8, 4) is 0 Å². The van der Waals surface area contributed by atoms with Crippen LogP contribution in [-0.2, 0) is 11.2 Å². The molecule has 1 aromatic heterocycles. The smallest absolute Gasteiger partial charge is 0.315 e. The molecule has 118 valence electrons. The minimum atomic E-state index is -0.122. The first-order valence-electron chi connectivity index (χ1n) is 7.95. The number of nitrogens with one attached hydrogen (secondary N) is 3. The van der Waals surface area contributed by atoms with Gasteiger partial charge in [0, 0.05) is 30.3 Å². The highest BCUT2D eigenvalue weighted by atomic mass is 16.5. The van der Waals surface area contributed by atoms with Crippen LogP contribution in [0.1, 0.15) is 25.3 Å². The molecule has 3 N–H and O–H groups in total. The standard InChI is InChI=1S/C17H23N3O2/c1-12(16-7-4-10-22-16)20-17(21)18-9-8-13-11-19-15-6-3-2-5-14(13)15/h2-3,5-6,11-12,16,19H,4,7-10H2,1H3,(H2,18,20,21)/t12-,16-/m0/s1. The van der Waals surface area contributed by atoms with Gasteiger partial charge in [-0.05, 0) is 37.8 Å². The molecular formula is C17H23N3O2. The molecule has 5 nitrogen and oxygen atoms in total. The highest BCUT2D eigenvalue weighted by Crippen LogP contribution is 2.18. The number of amides is 2. The summed E-state index contributed by atoms with van der Waals surface area (Å²) in [7, 11) is 0. The van der Waals surface area contributed by atoms with E-state index in [1.807, 2.05) is 25.3 Å². The number of carbonyl (C=O) groups excluding carboxylic acids is 1. The number of aromatic amines is 1. The van der Waals surface area contributed by atoms with Gasteiger partial charge < -0.3 is 20.4 Å². The molecule has 2 atom stereocenters. The van der Waals surface area contributed by atoms with Gasteiger partial charge in [0.1, 0.15) is 0 Å². The van der Waals surface area contributed by atoms with E-state index in [9.17, 15) is 4.79 Å². The molecule has 1 fully saturated rings. The molecule has 0 saturated carbocycles. The first-order valence-corrected chi connectivity index (χ1v) is 7.95. The van der Waals surface area contributed by atoms with Gasteiger partial charge in [-0.3, -0.25) is 0 Å². The van der Waals surface area contributed by atoms with E-state index in [0.29, 0.717) is 6.54 Å². The SMILES string of the molecule is C[C@H](NC(=O)NCCc1c[nH]c2ccccc12)[C@@H]1CCCO1. The maximum absolute atomic E-state index is 11.9. The third-order valence-corrected chi connectivity index (χ3v) is 4.24. The Kier molecular flexibility index (Phi) is 4.63. The Balaban J connectivity index is 1.45. The first kappa shape index (κ1) is 14.9. The number of benzene rings is 1. The van der Waals surface area contributed by atoms with Crippen molar-refractivity contribution < 1.29 is 9.53 Å². The lowest BCUT2D eigenvalue weighted by Crippen LogP contribution is -2.46. The highest BCUT2D eigenvalue weighted by Gasteiger charge is 2.23. The zero-order valence-electron chi connectivity index (χ0n) is 12.9. The van der Waals surface area contributed by atoms with E-state index < -0.39 is 0 Å². The summed E-state index contributed by atoms with van der Waals surface area (Å²) in [6.07, 6.45) is 5.08. The van der Waals surface area contributed by atoms with Gasteiger partial charge in [-0.2, -0.15) is 0 Å². The summed E-state index contributed by atoms with van der Waals surface area (Å²) in [6.45, 7) is 3.42. The Morgan fingerprint density at radius 1 is 1.45 bits per heavy atom. The van der Waals surface area contributed by atoms with Crippen molar-refractivity contribution in [1.82, 2.24) is 15.6 Å². The van der Waals surface area contributed by atoms with Crippen LogP contribution in [0.5, 0.6) is 0 Å². The monoisotopic (exact) mass is 301 g/mol. The van der Waals surface area contributed by atoms with Gasteiger partial charge in [0.2, 0.25) is 0 Å². The van der Waals surface area contributed by atoms with Crippen LogP contribution in [0, 0.1) is 0 Å². The van der Waals surface area contributed by atoms with Gasteiger partial charge in [-0.1, -0.05) is 18.2 Å². The summed E-state index contributed by atoms with van der Waals surface area (Å²) in [5, 5.41) is 7.10. The normalized spacial score (nSPS) is 19.2. The van der Waals surface area contributed by atoms with Crippen LogP contribution in [0.25, 0.3) is 10.9 Å². The Labute approximate surface area is 130 Å². The molecule has 5 heteroatoms. The number of hydrogen-bond donors (Lipinski definition) is 3. The molecule has 0 aliphatic carbocycles. The summed E-state index contributed by atoms with van der Waals surface area (Å²) in [5.41, 5.74) is 2.36. The molecule has 1 aromatic carbocycles. The molecule has 3 rings (SSSR count). The minimum Gasteiger partial charge on any atom is -0.376 e. The van der Waals surface area contributed by atoms with E-state index in [1.165, 1.54) is 10.9 Å². The highest BCUT2D eigenvalue weighted by molar-refractivity contribution is 5.83. The van der Waals surface area contributed by atoms with Crippen LogP contribution < -0.4 is 10.6 Å². The lowest BCUT2D eigenvalue weighted by Gasteiger charge is -2.20. The zero-order chi connectivity index (χ0) is 15.4. The van der Waals surface area contributed by atoms with Crippen LogP contribution >= 0.6 is 0 Å². The maximum Gasteiger partial charge on any atom is 0.315 e. The number of fused-ring (bicyclic) bond motifs is 1. The van der Waals surface area contributed by atoms with E-state index in [4.69, 9.17) is 4.74 Å². The Morgan fingerprint density at radius 2 is 2.32 bits per heavy atom. The maximum atomic E-state index is 11.9. The fourth-order valence-corrected chi connectivity index (χ4v) is 3.00. The van der Waals surface area contributed by atoms with Gasteiger partial charge in [-0.15, -0.1) is 0 Å². The van der Waals surface area contributed by atoms with Crippen LogP contribution in [0.2, 0.25) is 0 Å². The van der Waals surface area contributed by atoms with Gasteiger partial charge in [0.15, 0.2) is 0 Å². The van der Waals surface area contributed by atoms with Crippen molar-refractivity contribution in [2.75, 3.05) is 13.2 Å². The van der Waals surface area contributed by atoms with Gasteiger partial charge in [-0.25, -0.2) is 4.79 Å². The fraction of sp³-hybridized carbons (Fsp3) is 0.471. The van der Waals surface area contributed by atoms with E-state index in [1.54, 1.807) is 0 Å². The van der Waals surface area contributed by atoms with E-state index >= 15 is 0 Å². The second-order valence-electron chi connectivity index (χ2n) is 5.85. The lowest BCUT2D eigenvalue weighted by molar-refractivity contribution is 0.0860. The van der Waals surface area contributed by atoms with Crippen molar-refractivity contribution in [2.24, 2.45) is 0 Å². The van der Waals surface area contributed by atoms with E-state index in [0.717, 1.165) is 31.4 Å². The average Bonchev–Trinajstić information content (AvgIpc) is 3.17. The molecule has 2 heterocycles.